The summed E-state index contributed by atoms with van der Waals surface area (Å²) in [5, 5.41) is 21.0. The van der Waals surface area contributed by atoms with Crippen LogP contribution in [0, 0.1) is 4.91 Å². The number of hydrogen-bond acceptors (Lipinski definition) is 6. The Morgan fingerprint density at radius 3 is 2.88 bits per heavy atom. The number of aliphatic hydroxyl groups is 2. The number of anilines is 1. The standard InChI is InChI=1S/C11H16N2O4/c12-9-1-2-11(13-16)8(5-9)6-10(15)7-17-4-3-14/h1-2,5,10,14-15H,3-4,6-7,12H2. The van der Waals surface area contributed by atoms with Gasteiger partial charge in [-0.3, -0.25) is 0 Å². The molecule has 6 nitrogen and oxygen atoms in total. The first kappa shape index (κ1) is 13.6. The molecule has 1 rings (SSSR count). The van der Waals surface area contributed by atoms with E-state index in [4.69, 9.17) is 15.6 Å². The second-order valence-corrected chi connectivity index (χ2v) is 3.64. The molecule has 0 aliphatic rings. The average molecular weight is 240 g/mol. The Morgan fingerprint density at radius 2 is 2.24 bits per heavy atom. The van der Waals surface area contributed by atoms with E-state index in [-0.39, 0.29) is 31.9 Å². The maximum atomic E-state index is 10.5. The topological polar surface area (TPSA) is 105 Å². The van der Waals surface area contributed by atoms with Crippen LogP contribution in [0.1, 0.15) is 5.56 Å². The third kappa shape index (κ3) is 4.48. The van der Waals surface area contributed by atoms with Gasteiger partial charge in [-0.25, -0.2) is 0 Å². The molecule has 17 heavy (non-hydrogen) atoms. The van der Waals surface area contributed by atoms with Crippen molar-refractivity contribution in [2.75, 3.05) is 25.6 Å². The van der Waals surface area contributed by atoms with Gasteiger partial charge in [-0.1, -0.05) is 0 Å². The van der Waals surface area contributed by atoms with Gasteiger partial charge in [0.15, 0.2) is 0 Å². The molecular formula is C11H16N2O4. The molecule has 0 saturated heterocycles. The summed E-state index contributed by atoms with van der Waals surface area (Å²) in [6, 6.07) is 4.69. The Labute approximate surface area is 99.0 Å². The first-order valence-electron chi connectivity index (χ1n) is 5.25. The minimum Gasteiger partial charge on any atom is -0.399 e. The van der Waals surface area contributed by atoms with Crippen LogP contribution in [0.5, 0.6) is 0 Å². The summed E-state index contributed by atoms with van der Waals surface area (Å²) in [6.45, 7) is 0.173. The normalized spacial score (nSPS) is 12.4. The SMILES string of the molecule is Nc1ccc(N=O)c(CC(O)COCCO)c1. The number of rotatable bonds is 7. The van der Waals surface area contributed by atoms with E-state index in [0.29, 0.717) is 11.3 Å². The molecule has 1 atom stereocenters. The highest BCUT2D eigenvalue weighted by Crippen LogP contribution is 2.23. The Morgan fingerprint density at radius 1 is 1.47 bits per heavy atom. The van der Waals surface area contributed by atoms with Gasteiger partial charge < -0.3 is 20.7 Å². The number of ether oxygens (including phenoxy) is 1. The first-order valence-corrected chi connectivity index (χ1v) is 5.25. The fourth-order valence-electron chi connectivity index (χ4n) is 1.45. The van der Waals surface area contributed by atoms with Crippen LogP contribution in [0.4, 0.5) is 11.4 Å². The molecular weight excluding hydrogens is 224 g/mol. The van der Waals surface area contributed by atoms with Gasteiger partial charge in [0.25, 0.3) is 0 Å². The molecule has 0 spiro atoms. The minimum atomic E-state index is -0.760. The van der Waals surface area contributed by atoms with Crippen LogP contribution in [-0.4, -0.2) is 36.1 Å². The third-order valence-corrected chi connectivity index (χ3v) is 2.20. The highest BCUT2D eigenvalue weighted by atomic mass is 16.5. The van der Waals surface area contributed by atoms with Crippen molar-refractivity contribution in [3.8, 4) is 0 Å². The zero-order valence-electron chi connectivity index (χ0n) is 9.37. The van der Waals surface area contributed by atoms with Gasteiger partial charge in [-0.05, 0) is 28.9 Å². The highest BCUT2D eigenvalue weighted by molar-refractivity contribution is 5.54. The second-order valence-electron chi connectivity index (χ2n) is 3.64. The van der Waals surface area contributed by atoms with Crippen LogP contribution in [0.3, 0.4) is 0 Å². The Bertz CT molecular complexity index is 370. The number of aliphatic hydroxyl groups excluding tert-OH is 2. The molecule has 0 amide bonds. The van der Waals surface area contributed by atoms with Crippen LogP contribution in [0.15, 0.2) is 23.4 Å². The van der Waals surface area contributed by atoms with E-state index in [9.17, 15) is 10.0 Å². The molecule has 0 radical (unpaired) electrons. The molecule has 0 heterocycles. The van der Waals surface area contributed by atoms with Crippen LogP contribution in [-0.2, 0) is 11.2 Å². The number of nitrogens with zero attached hydrogens (tertiary/aromatic N) is 1. The minimum absolute atomic E-state index is 0.0909. The van der Waals surface area contributed by atoms with Crippen molar-refractivity contribution in [1.29, 1.82) is 0 Å². The molecule has 1 aromatic carbocycles. The highest BCUT2D eigenvalue weighted by Gasteiger charge is 2.10. The van der Waals surface area contributed by atoms with Gasteiger partial charge in [0, 0.05) is 12.1 Å². The summed E-state index contributed by atoms with van der Waals surface area (Å²) in [5.74, 6) is 0. The maximum absolute atomic E-state index is 10.5. The van der Waals surface area contributed by atoms with Crippen molar-refractivity contribution in [2.24, 2.45) is 5.18 Å². The fraction of sp³-hybridized carbons (Fsp3) is 0.455. The number of nitroso groups, excluding NO2 is 1. The van der Waals surface area contributed by atoms with E-state index in [0.717, 1.165) is 0 Å². The molecule has 0 saturated carbocycles. The van der Waals surface area contributed by atoms with Crippen LogP contribution in [0.25, 0.3) is 0 Å². The molecule has 0 fully saturated rings. The average Bonchev–Trinajstić information content (AvgIpc) is 2.29. The summed E-state index contributed by atoms with van der Waals surface area (Å²) in [4.78, 5) is 10.5. The van der Waals surface area contributed by atoms with Crippen molar-refractivity contribution < 1.29 is 14.9 Å². The third-order valence-electron chi connectivity index (χ3n) is 2.20. The van der Waals surface area contributed by atoms with E-state index in [1.807, 2.05) is 0 Å². The molecule has 1 unspecified atom stereocenters. The number of benzene rings is 1. The van der Waals surface area contributed by atoms with Crippen molar-refractivity contribution in [1.82, 2.24) is 0 Å². The smallest absolute Gasteiger partial charge is 0.111 e. The summed E-state index contributed by atoms with van der Waals surface area (Å²) < 4.78 is 4.98. The molecule has 94 valence electrons. The molecule has 0 aliphatic carbocycles. The van der Waals surface area contributed by atoms with E-state index in [1.165, 1.54) is 6.07 Å². The fourth-order valence-corrected chi connectivity index (χ4v) is 1.45. The van der Waals surface area contributed by atoms with E-state index in [2.05, 4.69) is 5.18 Å². The summed E-state index contributed by atoms with van der Waals surface area (Å²) in [7, 11) is 0. The van der Waals surface area contributed by atoms with E-state index >= 15 is 0 Å². The van der Waals surface area contributed by atoms with Gasteiger partial charge in [0.05, 0.1) is 25.9 Å². The zero-order valence-corrected chi connectivity index (χ0v) is 9.37. The quantitative estimate of drug-likeness (QED) is 0.367. The number of nitrogen functional groups attached to an aromatic ring is 1. The van der Waals surface area contributed by atoms with Gasteiger partial charge in [0.2, 0.25) is 0 Å². The lowest BCUT2D eigenvalue weighted by Gasteiger charge is -2.12. The van der Waals surface area contributed by atoms with Gasteiger partial charge in [-0.15, -0.1) is 4.91 Å². The van der Waals surface area contributed by atoms with Crippen LogP contribution in [0.2, 0.25) is 0 Å². The van der Waals surface area contributed by atoms with Gasteiger partial charge in [0.1, 0.15) is 5.69 Å². The Hall–Kier alpha value is -1.50. The Kier molecular flexibility index (Phi) is 5.55. The van der Waals surface area contributed by atoms with Crippen molar-refractivity contribution in [3.63, 3.8) is 0 Å². The summed E-state index contributed by atoms with van der Waals surface area (Å²) in [6.07, 6.45) is -0.527. The van der Waals surface area contributed by atoms with Crippen LogP contribution < -0.4 is 5.73 Å². The van der Waals surface area contributed by atoms with Crippen molar-refractivity contribution in [3.05, 3.63) is 28.7 Å². The molecule has 0 bridgehead atoms. The molecule has 4 N–H and O–H groups in total. The monoisotopic (exact) mass is 240 g/mol. The molecule has 6 heteroatoms. The first-order chi connectivity index (χ1) is 8.17. The van der Waals surface area contributed by atoms with E-state index in [1.54, 1.807) is 12.1 Å². The Balaban J connectivity index is 2.60. The van der Waals surface area contributed by atoms with Crippen molar-refractivity contribution in [2.45, 2.75) is 12.5 Å². The maximum Gasteiger partial charge on any atom is 0.111 e. The lowest BCUT2D eigenvalue weighted by molar-refractivity contribution is 0.0218. The lowest BCUT2D eigenvalue weighted by atomic mass is 10.1. The predicted molar refractivity (Wildman–Crippen MR) is 63.9 cm³/mol. The van der Waals surface area contributed by atoms with Gasteiger partial charge >= 0.3 is 0 Å². The predicted octanol–water partition coefficient (Wildman–Crippen LogP) is 0.579. The van der Waals surface area contributed by atoms with Crippen molar-refractivity contribution >= 4 is 11.4 Å². The number of hydrogen-bond donors (Lipinski definition) is 3. The zero-order chi connectivity index (χ0) is 12.7. The van der Waals surface area contributed by atoms with Gasteiger partial charge in [-0.2, -0.15) is 0 Å². The van der Waals surface area contributed by atoms with E-state index < -0.39 is 6.10 Å². The molecule has 1 aromatic rings. The van der Waals surface area contributed by atoms with Crippen LogP contribution >= 0.6 is 0 Å². The lowest BCUT2D eigenvalue weighted by Crippen LogP contribution is -2.19. The summed E-state index contributed by atoms with van der Waals surface area (Å²) in [5.41, 5.74) is 6.95. The summed E-state index contributed by atoms with van der Waals surface area (Å²) >= 11 is 0. The number of nitrogens with two attached hydrogens (primary N) is 1. The molecule has 0 aliphatic heterocycles. The second kappa shape index (κ2) is 6.95. The largest absolute Gasteiger partial charge is 0.399 e. The molecule has 0 aromatic heterocycles.